The summed E-state index contributed by atoms with van der Waals surface area (Å²) in [4.78, 5) is 30.3. The van der Waals surface area contributed by atoms with Gasteiger partial charge in [0.15, 0.2) is 0 Å². The molecule has 7 rings (SSSR count). The maximum atomic E-state index is 15.2. The highest BCUT2D eigenvalue weighted by atomic mass is 19.1. The first-order valence-electron chi connectivity index (χ1n) is 15.2. The Labute approximate surface area is 250 Å². The predicted molar refractivity (Wildman–Crippen MR) is 163 cm³/mol. The molecule has 3 aliphatic rings. The number of nitrogens with zero attached hydrogens (tertiary/aromatic N) is 2. The number of ether oxygens (including phenoxy) is 1. The molecule has 9 heteroatoms. The van der Waals surface area contributed by atoms with Gasteiger partial charge in [-0.1, -0.05) is 37.1 Å². The van der Waals surface area contributed by atoms with Crippen LogP contribution in [0.15, 0.2) is 66.9 Å². The summed E-state index contributed by atoms with van der Waals surface area (Å²) in [5.41, 5.74) is 4.00. The van der Waals surface area contributed by atoms with Crippen molar-refractivity contribution in [2.24, 2.45) is 11.8 Å². The minimum atomic E-state index is -0.604. The Bertz CT molecular complexity index is 1630. The number of nitrogens with one attached hydrogen (secondary N) is 3. The average Bonchev–Trinajstić information content (AvgIpc) is 3.78. The molecular weight excluding hydrogens is 545 g/mol. The summed E-state index contributed by atoms with van der Waals surface area (Å²) >= 11 is 0. The molecule has 4 atom stereocenters. The fourth-order valence-corrected chi connectivity index (χ4v) is 7.27. The van der Waals surface area contributed by atoms with Crippen molar-refractivity contribution in [3.63, 3.8) is 0 Å². The molecule has 43 heavy (non-hydrogen) atoms. The van der Waals surface area contributed by atoms with E-state index < -0.39 is 23.7 Å². The third-order valence-electron chi connectivity index (χ3n) is 9.45. The Morgan fingerprint density at radius 3 is 2.60 bits per heavy atom. The lowest BCUT2D eigenvalue weighted by molar-refractivity contribution is -0.124. The van der Waals surface area contributed by atoms with Gasteiger partial charge in [-0.3, -0.25) is 14.7 Å². The molecular formula is C34H36FN5O3. The second-order valence-electron chi connectivity index (χ2n) is 12.2. The minimum absolute atomic E-state index is 0.0392. The summed E-state index contributed by atoms with van der Waals surface area (Å²) < 4.78 is 21.1. The van der Waals surface area contributed by atoms with Crippen LogP contribution in [-0.4, -0.2) is 52.2 Å². The zero-order valence-electron chi connectivity index (χ0n) is 24.2. The molecule has 2 saturated heterocycles. The molecule has 0 spiro atoms. The lowest BCUT2D eigenvalue weighted by Crippen LogP contribution is -2.55. The number of carbonyl (C=O) groups is 2. The van der Waals surface area contributed by atoms with Gasteiger partial charge in [0.1, 0.15) is 5.82 Å². The second kappa shape index (κ2) is 11.4. The molecule has 0 bridgehead atoms. The van der Waals surface area contributed by atoms with Gasteiger partial charge < -0.3 is 20.3 Å². The number of piperidine rings is 1. The Hall–Kier alpha value is -4.24. The van der Waals surface area contributed by atoms with E-state index in [-0.39, 0.29) is 23.4 Å². The van der Waals surface area contributed by atoms with E-state index in [1.807, 2.05) is 42.5 Å². The molecule has 4 aromatic rings. The molecule has 3 aromatic carbocycles. The van der Waals surface area contributed by atoms with Crippen LogP contribution in [-0.2, 0) is 9.53 Å². The highest BCUT2D eigenvalue weighted by Crippen LogP contribution is 2.46. The van der Waals surface area contributed by atoms with Gasteiger partial charge >= 0.3 is 0 Å². The van der Waals surface area contributed by atoms with E-state index in [4.69, 9.17) is 4.74 Å². The van der Waals surface area contributed by atoms with Crippen molar-refractivity contribution in [2.75, 3.05) is 23.8 Å². The molecule has 222 valence electrons. The molecule has 2 amide bonds. The number of anilines is 2. The van der Waals surface area contributed by atoms with E-state index in [1.54, 1.807) is 30.2 Å². The summed E-state index contributed by atoms with van der Waals surface area (Å²) in [6, 6.07) is 17.9. The number of amides is 2. The number of fused-ring (bicyclic) bond motifs is 2. The monoisotopic (exact) mass is 581 g/mol. The molecule has 8 nitrogen and oxygen atoms in total. The number of rotatable bonds is 6. The summed E-state index contributed by atoms with van der Waals surface area (Å²) in [7, 11) is 0. The number of hydrogen-bond acceptors (Lipinski definition) is 5. The summed E-state index contributed by atoms with van der Waals surface area (Å²) in [6.45, 7) is 2.55. The maximum Gasteiger partial charge on any atom is 0.257 e. The number of likely N-dealkylation sites (tertiary alicyclic amines) is 1. The van der Waals surface area contributed by atoms with Crippen molar-refractivity contribution in [1.82, 2.24) is 15.1 Å². The zero-order chi connectivity index (χ0) is 29.5. The third-order valence-corrected chi connectivity index (χ3v) is 9.45. The van der Waals surface area contributed by atoms with Crippen LogP contribution in [0.4, 0.5) is 15.8 Å². The van der Waals surface area contributed by atoms with E-state index in [1.165, 1.54) is 18.9 Å². The first-order chi connectivity index (χ1) is 21.0. The predicted octanol–water partition coefficient (Wildman–Crippen LogP) is 6.22. The van der Waals surface area contributed by atoms with Gasteiger partial charge in [-0.15, -0.1) is 0 Å². The van der Waals surface area contributed by atoms with Crippen molar-refractivity contribution in [3.05, 3.63) is 89.4 Å². The maximum absolute atomic E-state index is 15.2. The van der Waals surface area contributed by atoms with Gasteiger partial charge in [-0.2, -0.15) is 5.10 Å². The number of hydrogen-bond donors (Lipinski definition) is 3. The van der Waals surface area contributed by atoms with Crippen molar-refractivity contribution in [3.8, 4) is 0 Å². The Morgan fingerprint density at radius 2 is 1.81 bits per heavy atom. The SMILES string of the molecule is Cc1cccc(F)c1C(=O)N1C2COCC2CC(C(=O)Nc2ccc3[nH]ncc3c2)[C@H]1c1ccc(NC2CCCC2)cc1. The smallest absolute Gasteiger partial charge is 0.257 e. The van der Waals surface area contributed by atoms with Gasteiger partial charge in [-0.25, -0.2) is 4.39 Å². The van der Waals surface area contributed by atoms with E-state index in [9.17, 15) is 9.59 Å². The van der Waals surface area contributed by atoms with E-state index in [2.05, 4.69) is 20.8 Å². The molecule has 3 N–H and O–H groups in total. The Balaban J connectivity index is 1.27. The van der Waals surface area contributed by atoms with Crippen LogP contribution in [0.1, 0.15) is 59.6 Å². The average molecular weight is 582 g/mol. The first-order valence-corrected chi connectivity index (χ1v) is 15.2. The van der Waals surface area contributed by atoms with Crippen molar-refractivity contribution < 1.29 is 18.7 Å². The van der Waals surface area contributed by atoms with Crippen LogP contribution in [0.5, 0.6) is 0 Å². The largest absolute Gasteiger partial charge is 0.382 e. The van der Waals surface area contributed by atoms with Gasteiger partial charge in [0.2, 0.25) is 5.91 Å². The van der Waals surface area contributed by atoms with Crippen LogP contribution in [0.3, 0.4) is 0 Å². The molecule has 3 heterocycles. The number of benzene rings is 3. The molecule has 1 aromatic heterocycles. The van der Waals surface area contributed by atoms with Gasteiger partial charge in [0.25, 0.3) is 5.91 Å². The number of H-pyrrole nitrogens is 1. The summed E-state index contributed by atoms with van der Waals surface area (Å²) in [5, 5.41) is 14.6. The molecule has 1 aliphatic carbocycles. The summed E-state index contributed by atoms with van der Waals surface area (Å²) in [6.07, 6.45) is 7.05. The van der Waals surface area contributed by atoms with Crippen molar-refractivity contribution >= 4 is 34.1 Å². The van der Waals surface area contributed by atoms with E-state index in [0.29, 0.717) is 36.9 Å². The highest BCUT2D eigenvalue weighted by Gasteiger charge is 2.51. The lowest BCUT2D eigenvalue weighted by Gasteiger charge is -2.47. The second-order valence-corrected chi connectivity index (χ2v) is 12.2. The Kier molecular flexibility index (Phi) is 7.34. The zero-order valence-corrected chi connectivity index (χ0v) is 24.2. The topological polar surface area (TPSA) is 99.4 Å². The molecule has 1 saturated carbocycles. The van der Waals surface area contributed by atoms with E-state index in [0.717, 1.165) is 35.0 Å². The fourth-order valence-electron chi connectivity index (χ4n) is 7.27. The molecule has 3 unspecified atom stereocenters. The van der Waals surface area contributed by atoms with Crippen LogP contribution < -0.4 is 10.6 Å². The minimum Gasteiger partial charge on any atom is -0.382 e. The lowest BCUT2D eigenvalue weighted by atomic mass is 9.76. The standard InChI is InChI=1S/C34H36FN5O3/c1-20-5-4-8-28(35)31(20)34(42)40-30-19-43-18-23(30)16-27(33(41)38-26-13-14-29-22(15-26)17-36-39-29)32(40)21-9-11-25(12-10-21)37-24-6-2-3-7-24/h4-5,8-15,17,23-24,27,30,32,37H,2-3,6-7,16,18-19H2,1H3,(H,36,39)(H,38,41)/t23?,27?,30?,32-/m1/s1. The van der Waals surface area contributed by atoms with Crippen molar-refractivity contribution in [1.29, 1.82) is 0 Å². The fraction of sp³-hybridized carbons (Fsp3) is 0.382. The number of carbonyl (C=O) groups excluding carboxylic acids is 2. The molecule has 2 aliphatic heterocycles. The van der Waals surface area contributed by atoms with Crippen LogP contribution in [0.2, 0.25) is 0 Å². The summed E-state index contributed by atoms with van der Waals surface area (Å²) in [5.74, 6) is -1.77. The van der Waals surface area contributed by atoms with Crippen LogP contribution in [0, 0.1) is 24.6 Å². The van der Waals surface area contributed by atoms with Crippen molar-refractivity contribution in [2.45, 2.75) is 57.2 Å². The normalized spacial score (nSPS) is 23.8. The first kappa shape index (κ1) is 27.6. The van der Waals surface area contributed by atoms with Crippen LogP contribution in [0.25, 0.3) is 10.9 Å². The number of aromatic nitrogens is 2. The highest BCUT2D eigenvalue weighted by molar-refractivity contribution is 5.99. The van der Waals surface area contributed by atoms with Gasteiger partial charge in [-0.05, 0) is 73.7 Å². The van der Waals surface area contributed by atoms with E-state index >= 15 is 4.39 Å². The Morgan fingerprint density at radius 1 is 1.02 bits per heavy atom. The quantitative estimate of drug-likeness (QED) is 0.251. The number of aromatic amines is 1. The number of aryl methyl sites for hydroxylation is 1. The van der Waals surface area contributed by atoms with Gasteiger partial charge in [0.05, 0.1) is 48.5 Å². The number of halogens is 1. The molecule has 0 radical (unpaired) electrons. The van der Waals surface area contributed by atoms with Gasteiger partial charge in [0, 0.05) is 28.7 Å². The molecule has 3 fully saturated rings. The third kappa shape index (κ3) is 5.27. The van der Waals surface area contributed by atoms with Crippen LogP contribution >= 0.6 is 0 Å².